The second-order valence-corrected chi connectivity index (χ2v) is 15.5. The second kappa shape index (κ2) is 11.1. The highest BCUT2D eigenvalue weighted by atomic mass is 16.7. The minimum absolute atomic E-state index is 0.0592. The summed E-state index contributed by atoms with van der Waals surface area (Å²) in [7, 11) is 0. The van der Waals surface area contributed by atoms with Gasteiger partial charge in [-0.05, 0) is 104 Å². The summed E-state index contributed by atoms with van der Waals surface area (Å²) in [6, 6.07) is 0. The molecule has 5 aliphatic rings. The lowest BCUT2D eigenvalue weighted by atomic mass is 9.46. The molecule has 38 heavy (non-hydrogen) atoms. The summed E-state index contributed by atoms with van der Waals surface area (Å²) in [6.45, 7) is 19.8. The van der Waals surface area contributed by atoms with Gasteiger partial charge >= 0.3 is 0 Å². The van der Waals surface area contributed by atoms with E-state index in [1.807, 2.05) is 0 Å². The topological polar surface area (TPSA) is 27.7 Å². The van der Waals surface area contributed by atoms with Gasteiger partial charge in [-0.2, -0.15) is 0 Å². The second-order valence-electron chi connectivity index (χ2n) is 15.5. The van der Waals surface area contributed by atoms with E-state index in [9.17, 15) is 0 Å². The highest BCUT2D eigenvalue weighted by Gasteiger charge is 2.66. The third-order valence-electron chi connectivity index (χ3n) is 12.6. The monoisotopic (exact) mass is 528 g/mol. The number of hydrogen-bond acceptors (Lipinski definition) is 3. The molecule has 7 atom stereocenters. The summed E-state index contributed by atoms with van der Waals surface area (Å²) < 4.78 is 19.6. The van der Waals surface area contributed by atoms with Gasteiger partial charge < -0.3 is 14.2 Å². The molecule has 3 saturated carbocycles. The summed E-state index contributed by atoms with van der Waals surface area (Å²) in [5, 5.41) is 0. The van der Waals surface area contributed by atoms with E-state index in [0.717, 1.165) is 62.3 Å². The van der Waals surface area contributed by atoms with Crippen LogP contribution in [-0.4, -0.2) is 31.2 Å². The lowest BCUT2D eigenvalue weighted by molar-refractivity contribution is -0.198. The van der Waals surface area contributed by atoms with Gasteiger partial charge in [0, 0.05) is 19.4 Å². The van der Waals surface area contributed by atoms with Crippen molar-refractivity contribution in [3.05, 3.63) is 11.6 Å². The predicted octanol–water partition coefficient (Wildman–Crippen LogP) is 9.35. The van der Waals surface area contributed by atoms with Gasteiger partial charge in [-0.25, -0.2) is 0 Å². The summed E-state index contributed by atoms with van der Waals surface area (Å²) in [5.74, 6) is 4.31. The van der Waals surface area contributed by atoms with Crippen molar-refractivity contribution in [2.75, 3.05) is 19.8 Å². The van der Waals surface area contributed by atoms with E-state index in [-0.39, 0.29) is 11.4 Å². The largest absolute Gasteiger partial charge is 0.374 e. The maximum atomic E-state index is 7.26. The standard InChI is InChI=1S/C35H60O3/c1-25(2)10-8-12-27(5)35(38-21-9-11-26(3)4)18-16-31-29-14-13-28-24-34(36-22-23-37-34)20-19-32(28,6)30(29)15-17-33(31,35)7/h13,25-27,29-31H,8-12,14-24H2,1-7H3/t27-,29-,30+,31+,32+,33+,35-/m1/s1. The molecule has 5 rings (SSSR count). The zero-order chi connectivity index (χ0) is 27.2. The molecular formula is C35H60O3. The summed E-state index contributed by atoms with van der Waals surface area (Å²) in [4.78, 5) is 0. The first kappa shape index (κ1) is 29.1. The number of hydrogen-bond donors (Lipinski definition) is 0. The maximum absolute atomic E-state index is 7.26. The van der Waals surface area contributed by atoms with Gasteiger partial charge in [0.15, 0.2) is 5.79 Å². The fraction of sp³-hybridized carbons (Fsp3) is 0.943. The Balaban J connectivity index is 1.37. The molecule has 4 aliphatic carbocycles. The molecule has 0 bridgehead atoms. The molecule has 4 fully saturated rings. The number of rotatable bonds is 10. The first-order valence-electron chi connectivity index (χ1n) is 16.7. The molecule has 1 saturated heterocycles. The highest BCUT2D eigenvalue weighted by Crippen LogP contribution is 2.70. The van der Waals surface area contributed by atoms with E-state index >= 15 is 0 Å². The van der Waals surface area contributed by atoms with Crippen LogP contribution in [-0.2, 0) is 14.2 Å². The van der Waals surface area contributed by atoms with Crippen LogP contribution < -0.4 is 0 Å². The van der Waals surface area contributed by atoms with Crippen LogP contribution in [0.4, 0.5) is 0 Å². The van der Waals surface area contributed by atoms with E-state index < -0.39 is 0 Å². The third kappa shape index (κ3) is 4.98. The van der Waals surface area contributed by atoms with Crippen molar-refractivity contribution in [3.8, 4) is 0 Å². The molecule has 3 nitrogen and oxygen atoms in total. The van der Waals surface area contributed by atoms with Gasteiger partial charge in [-0.3, -0.25) is 0 Å². The average Bonchev–Trinajstić information content (AvgIpc) is 3.44. The summed E-state index contributed by atoms with van der Waals surface area (Å²) in [5.41, 5.74) is 2.35. The molecule has 1 heterocycles. The fourth-order valence-corrected chi connectivity index (χ4v) is 10.4. The van der Waals surface area contributed by atoms with Crippen LogP contribution in [0.2, 0.25) is 0 Å². The van der Waals surface area contributed by atoms with E-state index in [0.29, 0.717) is 16.7 Å². The van der Waals surface area contributed by atoms with Crippen molar-refractivity contribution in [2.45, 2.75) is 143 Å². The van der Waals surface area contributed by atoms with Crippen LogP contribution in [0.1, 0.15) is 132 Å². The molecular weight excluding hydrogens is 468 g/mol. The Labute approximate surface area is 235 Å². The van der Waals surface area contributed by atoms with E-state index in [1.165, 1.54) is 70.6 Å². The molecule has 218 valence electrons. The third-order valence-corrected chi connectivity index (χ3v) is 12.6. The van der Waals surface area contributed by atoms with Crippen molar-refractivity contribution in [1.29, 1.82) is 0 Å². The van der Waals surface area contributed by atoms with Crippen molar-refractivity contribution in [1.82, 2.24) is 0 Å². The normalized spacial score (nSPS) is 40.8. The number of allylic oxidation sites excluding steroid dienone is 1. The SMILES string of the molecule is CC(C)CCCO[C@@]1([C@H](C)CCCC(C)C)CC[C@H]2[C@@H]3CC=C4CC5(CC[C@]4(C)[C@H]3CC[C@@]21C)OCCO5. The Morgan fingerprint density at radius 2 is 1.53 bits per heavy atom. The van der Waals surface area contributed by atoms with Gasteiger partial charge in [0.05, 0.1) is 18.8 Å². The Morgan fingerprint density at radius 3 is 2.24 bits per heavy atom. The molecule has 1 spiro atoms. The van der Waals surface area contributed by atoms with E-state index in [4.69, 9.17) is 14.2 Å². The molecule has 0 N–H and O–H groups in total. The average molecular weight is 529 g/mol. The van der Waals surface area contributed by atoms with Crippen molar-refractivity contribution in [2.24, 2.45) is 46.3 Å². The fourth-order valence-electron chi connectivity index (χ4n) is 10.4. The molecule has 0 unspecified atom stereocenters. The van der Waals surface area contributed by atoms with E-state index in [2.05, 4.69) is 54.5 Å². The van der Waals surface area contributed by atoms with Gasteiger partial charge in [0.25, 0.3) is 0 Å². The summed E-state index contributed by atoms with van der Waals surface area (Å²) in [6.07, 6.45) is 19.1. The smallest absolute Gasteiger partial charge is 0.172 e. The lowest BCUT2D eigenvalue weighted by Crippen LogP contribution is -2.58. The number of ether oxygens (including phenoxy) is 3. The molecule has 0 aromatic rings. The Bertz CT molecular complexity index is 840. The zero-order valence-corrected chi connectivity index (χ0v) is 26.1. The Kier molecular flexibility index (Phi) is 8.53. The van der Waals surface area contributed by atoms with Crippen LogP contribution in [0.5, 0.6) is 0 Å². The highest BCUT2D eigenvalue weighted by molar-refractivity contribution is 5.27. The molecule has 0 radical (unpaired) electrons. The number of fused-ring (bicyclic) bond motifs is 5. The van der Waals surface area contributed by atoms with Gasteiger partial charge in [0.1, 0.15) is 0 Å². The van der Waals surface area contributed by atoms with E-state index in [1.54, 1.807) is 5.57 Å². The van der Waals surface area contributed by atoms with Gasteiger partial charge in [0.2, 0.25) is 0 Å². The van der Waals surface area contributed by atoms with Crippen LogP contribution in [0, 0.1) is 46.3 Å². The first-order valence-corrected chi connectivity index (χ1v) is 16.7. The van der Waals surface area contributed by atoms with Crippen LogP contribution in [0.15, 0.2) is 11.6 Å². The van der Waals surface area contributed by atoms with Crippen molar-refractivity contribution >= 4 is 0 Å². The molecule has 0 amide bonds. The predicted molar refractivity (Wildman–Crippen MR) is 157 cm³/mol. The Hall–Kier alpha value is -0.380. The molecule has 0 aromatic heterocycles. The summed E-state index contributed by atoms with van der Waals surface area (Å²) >= 11 is 0. The van der Waals surface area contributed by atoms with Crippen LogP contribution in [0.25, 0.3) is 0 Å². The van der Waals surface area contributed by atoms with Crippen LogP contribution >= 0.6 is 0 Å². The zero-order valence-electron chi connectivity index (χ0n) is 26.1. The minimum atomic E-state index is -0.306. The van der Waals surface area contributed by atoms with Crippen molar-refractivity contribution in [3.63, 3.8) is 0 Å². The molecule has 0 aromatic carbocycles. The van der Waals surface area contributed by atoms with Crippen molar-refractivity contribution < 1.29 is 14.2 Å². The maximum Gasteiger partial charge on any atom is 0.172 e. The minimum Gasteiger partial charge on any atom is -0.374 e. The lowest BCUT2D eigenvalue weighted by Gasteiger charge is -2.61. The van der Waals surface area contributed by atoms with Gasteiger partial charge in [-0.15, -0.1) is 0 Å². The van der Waals surface area contributed by atoms with Gasteiger partial charge in [-0.1, -0.05) is 73.0 Å². The van der Waals surface area contributed by atoms with Crippen LogP contribution in [0.3, 0.4) is 0 Å². The molecule has 1 aliphatic heterocycles. The Morgan fingerprint density at radius 1 is 0.842 bits per heavy atom. The first-order chi connectivity index (χ1) is 18.1. The quantitative estimate of drug-likeness (QED) is 0.209. The molecule has 3 heteroatoms.